The predicted molar refractivity (Wildman–Crippen MR) is 176 cm³/mol. The standard InChI is InChI=1S/C34H26O3.C2H6.CH4O3S/c1-24-7-11-27(12-8-24)33(35)29-15-19-31(20-16-29)37-32-21-17-30(18-22-32)34(36)28-13-9-26(10-14-28)23-25-5-3-2-4-6-25;1-2;1-5(2,3)4/h2-22H,23H2,1H3;1-2H3;1H3,(H,2,3,4). The summed E-state index contributed by atoms with van der Waals surface area (Å²) in [5.41, 5.74) is 6.03. The number of aryl methyl sites for hydroxylation is 1. The molecule has 0 aromatic heterocycles. The van der Waals surface area contributed by atoms with Crippen LogP contribution in [0.15, 0.2) is 127 Å². The van der Waals surface area contributed by atoms with Gasteiger partial charge in [0.15, 0.2) is 11.6 Å². The first-order chi connectivity index (χ1) is 21.0. The van der Waals surface area contributed by atoms with Crippen molar-refractivity contribution in [1.29, 1.82) is 0 Å². The van der Waals surface area contributed by atoms with Crippen LogP contribution >= 0.6 is 0 Å². The molecule has 0 aliphatic heterocycles. The van der Waals surface area contributed by atoms with Crippen molar-refractivity contribution in [3.05, 3.63) is 166 Å². The van der Waals surface area contributed by atoms with Gasteiger partial charge in [-0.25, -0.2) is 0 Å². The van der Waals surface area contributed by atoms with E-state index in [4.69, 9.17) is 9.29 Å². The molecule has 0 amide bonds. The largest absolute Gasteiger partial charge is 0.457 e. The van der Waals surface area contributed by atoms with Crippen molar-refractivity contribution in [3.63, 3.8) is 0 Å². The molecule has 5 aromatic carbocycles. The average Bonchev–Trinajstić information content (AvgIpc) is 3.03. The molecule has 0 aliphatic rings. The molecule has 5 aromatic rings. The third-order valence-electron chi connectivity index (χ3n) is 6.25. The fourth-order valence-corrected chi connectivity index (χ4v) is 4.13. The molecule has 44 heavy (non-hydrogen) atoms. The zero-order valence-electron chi connectivity index (χ0n) is 25.2. The van der Waals surface area contributed by atoms with Crippen molar-refractivity contribution < 1.29 is 27.3 Å². The first-order valence-electron chi connectivity index (χ1n) is 14.1. The van der Waals surface area contributed by atoms with Gasteiger partial charge in [0, 0.05) is 22.3 Å². The molecule has 0 bridgehead atoms. The van der Waals surface area contributed by atoms with E-state index in [9.17, 15) is 18.0 Å². The van der Waals surface area contributed by atoms with Crippen LogP contribution in [0.2, 0.25) is 0 Å². The van der Waals surface area contributed by atoms with Crippen LogP contribution in [0.1, 0.15) is 62.4 Å². The summed E-state index contributed by atoms with van der Waals surface area (Å²) in [5, 5.41) is 0. The highest BCUT2D eigenvalue weighted by Crippen LogP contribution is 2.24. The van der Waals surface area contributed by atoms with E-state index in [1.54, 1.807) is 48.5 Å². The van der Waals surface area contributed by atoms with Crippen LogP contribution in [0, 0.1) is 6.92 Å². The molecule has 7 heteroatoms. The Hall–Kier alpha value is -4.85. The summed E-state index contributed by atoms with van der Waals surface area (Å²) in [6.45, 7) is 5.99. The SMILES string of the molecule is CC.CS(=O)(=O)O.Cc1ccc(C(=O)c2ccc(Oc3ccc(C(=O)c4ccc(Cc5ccccc5)cc4)cc3)cc2)cc1. The van der Waals surface area contributed by atoms with Gasteiger partial charge in [0.2, 0.25) is 0 Å². The zero-order valence-corrected chi connectivity index (χ0v) is 26.0. The monoisotopic (exact) mass is 608 g/mol. The first kappa shape index (κ1) is 33.6. The number of hydrogen-bond donors (Lipinski definition) is 1. The average molecular weight is 609 g/mol. The van der Waals surface area contributed by atoms with E-state index in [2.05, 4.69) is 12.1 Å². The van der Waals surface area contributed by atoms with Gasteiger partial charge >= 0.3 is 0 Å². The summed E-state index contributed by atoms with van der Waals surface area (Å²) in [5.74, 6) is 1.18. The van der Waals surface area contributed by atoms with E-state index in [-0.39, 0.29) is 11.6 Å². The van der Waals surface area contributed by atoms with Crippen LogP contribution in [-0.2, 0) is 16.5 Å². The van der Waals surface area contributed by atoms with Crippen LogP contribution in [0.25, 0.3) is 0 Å². The molecule has 0 radical (unpaired) electrons. The first-order valence-corrected chi connectivity index (χ1v) is 16.0. The number of benzene rings is 5. The summed E-state index contributed by atoms with van der Waals surface area (Å²) in [6, 6.07) is 39.7. The van der Waals surface area contributed by atoms with Crippen molar-refractivity contribution in [1.82, 2.24) is 0 Å². The molecule has 6 nitrogen and oxygen atoms in total. The maximum atomic E-state index is 12.9. The van der Waals surface area contributed by atoms with E-state index in [1.165, 1.54) is 5.56 Å². The highest BCUT2D eigenvalue weighted by molar-refractivity contribution is 7.85. The minimum absolute atomic E-state index is 0.0255. The summed E-state index contributed by atoms with van der Waals surface area (Å²) in [7, 11) is -3.67. The smallest absolute Gasteiger partial charge is 0.261 e. The van der Waals surface area contributed by atoms with Crippen LogP contribution < -0.4 is 4.74 Å². The Bertz CT molecular complexity index is 1730. The van der Waals surface area contributed by atoms with Gasteiger partial charge in [-0.1, -0.05) is 98.3 Å². The minimum atomic E-state index is -3.67. The zero-order chi connectivity index (χ0) is 32.1. The molecule has 0 spiro atoms. The molecule has 226 valence electrons. The molecule has 0 saturated heterocycles. The molecular weight excluding hydrogens is 572 g/mol. The molecule has 0 aliphatic carbocycles. The predicted octanol–water partition coefficient (Wildman–Crippen LogP) is 8.37. The van der Waals surface area contributed by atoms with Gasteiger partial charge in [0.25, 0.3) is 10.1 Å². The molecular formula is C37H36O6S. The van der Waals surface area contributed by atoms with Crippen molar-refractivity contribution in [3.8, 4) is 11.5 Å². The van der Waals surface area contributed by atoms with Crippen molar-refractivity contribution in [2.75, 3.05) is 6.26 Å². The highest BCUT2D eigenvalue weighted by atomic mass is 32.2. The Balaban J connectivity index is 0.000000688. The highest BCUT2D eigenvalue weighted by Gasteiger charge is 2.11. The Kier molecular flexibility index (Phi) is 12.3. The summed E-state index contributed by atoms with van der Waals surface area (Å²) in [4.78, 5) is 25.6. The molecule has 0 heterocycles. The lowest BCUT2D eigenvalue weighted by atomic mass is 9.99. The van der Waals surface area contributed by atoms with Crippen LogP contribution in [0.4, 0.5) is 0 Å². The Morgan fingerprint density at radius 1 is 0.568 bits per heavy atom. The maximum Gasteiger partial charge on any atom is 0.261 e. The van der Waals surface area contributed by atoms with Crippen molar-refractivity contribution in [2.45, 2.75) is 27.2 Å². The third-order valence-corrected chi connectivity index (χ3v) is 6.25. The third kappa shape index (κ3) is 10.8. The fourth-order valence-electron chi connectivity index (χ4n) is 4.13. The van der Waals surface area contributed by atoms with Gasteiger partial charge in [-0.2, -0.15) is 8.42 Å². The molecule has 0 unspecified atom stereocenters. The number of carbonyl (C=O) groups is 2. The van der Waals surface area contributed by atoms with Gasteiger partial charge in [0.05, 0.1) is 6.26 Å². The number of hydrogen-bond acceptors (Lipinski definition) is 5. The normalized spacial score (nSPS) is 10.4. The second kappa shape index (κ2) is 16.1. The Morgan fingerprint density at radius 3 is 1.27 bits per heavy atom. The second-order valence-electron chi connectivity index (χ2n) is 9.77. The van der Waals surface area contributed by atoms with E-state index in [0.717, 1.165) is 17.5 Å². The van der Waals surface area contributed by atoms with E-state index in [1.807, 2.05) is 87.5 Å². The Labute approximate surface area is 259 Å². The second-order valence-corrected chi connectivity index (χ2v) is 11.2. The van der Waals surface area contributed by atoms with Gasteiger partial charge in [-0.3, -0.25) is 14.1 Å². The molecule has 5 rings (SSSR count). The van der Waals surface area contributed by atoms with E-state index in [0.29, 0.717) is 40.0 Å². The summed E-state index contributed by atoms with van der Waals surface area (Å²) in [6.07, 6.45) is 1.55. The van der Waals surface area contributed by atoms with E-state index < -0.39 is 10.1 Å². The Morgan fingerprint density at radius 2 is 0.886 bits per heavy atom. The van der Waals surface area contributed by atoms with Crippen molar-refractivity contribution >= 4 is 21.7 Å². The molecule has 0 atom stereocenters. The number of carbonyl (C=O) groups excluding carboxylic acids is 2. The molecule has 1 N–H and O–H groups in total. The lowest BCUT2D eigenvalue weighted by molar-refractivity contribution is 0.103. The minimum Gasteiger partial charge on any atom is -0.457 e. The fraction of sp³-hybridized carbons (Fsp3) is 0.135. The summed E-state index contributed by atoms with van der Waals surface area (Å²) < 4.78 is 31.8. The van der Waals surface area contributed by atoms with Crippen molar-refractivity contribution in [2.24, 2.45) is 0 Å². The topological polar surface area (TPSA) is 97.7 Å². The van der Waals surface area contributed by atoms with Gasteiger partial charge < -0.3 is 4.74 Å². The van der Waals surface area contributed by atoms with Crippen LogP contribution in [0.5, 0.6) is 11.5 Å². The summed E-state index contributed by atoms with van der Waals surface area (Å²) >= 11 is 0. The number of ketones is 2. The van der Waals surface area contributed by atoms with Gasteiger partial charge in [-0.15, -0.1) is 0 Å². The number of rotatable bonds is 8. The lowest BCUT2D eigenvalue weighted by Crippen LogP contribution is -2.02. The maximum absolute atomic E-state index is 12.9. The molecule has 0 fully saturated rings. The molecule has 0 saturated carbocycles. The van der Waals surface area contributed by atoms with Gasteiger partial charge in [-0.05, 0) is 73.0 Å². The quantitative estimate of drug-likeness (QED) is 0.140. The van der Waals surface area contributed by atoms with Gasteiger partial charge in [0.1, 0.15) is 11.5 Å². The van der Waals surface area contributed by atoms with E-state index >= 15 is 0 Å². The number of ether oxygens (including phenoxy) is 1. The lowest BCUT2D eigenvalue weighted by Gasteiger charge is -2.08. The van der Waals surface area contributed by atoms with Crippen LogP contribution in [0.3, 0.4) is 0 Å². The van der Waals surface area contributed by atoms with Crippen LogP contribution in [-0.4, -0.2) is 30.8 Å².